The van der Waals surface area contributed by atoms with Gasteiger partial charge in [-0.15, -0.1) is 11.3 Å². The largest absolute Gasteiger partial charge is 0.388 e. The maximum atomic E-state index is 10.4. The van der Waals surface area contributed by atoms with Gasteiger partial charge in [-0.05, 0) is 12.0 Å². The number of thiazole rings is 1. The van der Waals surface area contributed by atoms with Gasteiger partial charge in [-0.1, -0.05) is 30.3 Å². The van der Waals surface area contributed by atoms with E-state index in [1.807, 2.05) is 42.0 Å². The Balaban J connectivity index is 1.64. The number of rotatable bonds is 5. The lowest BCUT2D eigenvalue weighted by Crippen LogP contribution is -2.45. The zero-order chi connectivity index (χ0) is 14.5. The van der Waals surface area contributed by atoms with Crippen LogP contribution < -0.4 is 0 Å². The van der Waals surface area contributed by atoms with Crippen LogP contribution in [0.2, 0.25) is 0 Å². The molecule has 1 aliphatic heterocycles. The number of morpholine rings is 1. The molecule has 1 N–H and O–H groups in total. The number of aliphatic hydroxyl groups excluding tert-OH is 1. The normalized spacial score (nSPS) is 21.3. The third-order valence-corrected chi connectivity index (χ3v) is 4.64. The van der Waals surface area contributed by atoms with Gasteiger partial charge in [0.25, 0.3) is 0 Å². The lowest BCUT2D eigenvalue weighted by molar-refractivity contribution is -0.0296. The molecule has 21 heavy (non-hydrogen) atoms. The van der Waals surface area contributed by atoms with Gasteiger partial charge in [-0.3, -0.25) is 9.88 Å². The fraction of sp³-hybridized carbons (Fsp3) is 0.438. The lowest BCUT2D eigenvalue weighted by Gasteiger charge is -2.36. The predicted octanol–water partition coefficient (Wildman–Crippen LogP) is 2.47. The Labute approximate surface area is 129 Å². The van der Waals surface area contributed by atoms with Crippen LogP contribution in [0.3, 0.4) is 0 Å². The molecular weight excluding hydrogens is 284 g/mol. The minimum absolute atomic E-state index is 0.246. The van der Waals surface area contributed by atoms with Crippen molar-refractivity contribution in [3.8, 4) is 0 Å². The second kappa shape index (κ2) is 7.13. The molecule has 1 aliphatic rings. The molecule has 4 nitrogen and oxygen atoms in total. The molecule has 0 spiro atoms. The van der Waals surface area contributed by atoms with E-state index in [0.29, 0.717) is 13.0 Å². The van der Waals surface area contributed by atoms with Crippen molar-refractivity contribution in [2.75, 3.05) is 19.8 Å². The smallest absolute Gasteiger partial charge is 0.0805 e. The van der Waals surface area contributed by atoms with Crippen LogP contribution in [0, 0.1) is 0 Å². The molecule has 3 rings (SSSR count). The van der Waals surface area contributed by atoms with Crippen molar-refractivity contribution < 1.29 is 9.84 Å². The van der Waals surface area contributed by atoms with Gasteiger partial charge in [0.1, 0.15) is 0 Å². The second-order valence-corrected chi connectivity index (χ2v) is 6.30. The Kier molecular flexibility index (Phi) is 4.98. The summed E-state index contributed by atoms with van der Waals surface area (Å²) in [5.41, 5.74) is 2.84. The summed E-state index contributed by atoms with van der Waals surface area (Å²) in [5, 5.41) is 10.4. The molecule has 2 heterocycles. The molecule has 112 valence electrons. The molecule has 2 atom stereocenters. The number of aliphatic hydroxyl groups is 1. The molecule has 2 aromatic rings. The van der Waals surface area contributed by atoms with Crippen LogP contribution in [-0.4, -0.2) is 40.8 Å². The molecule has 0 saturated carbocycles. The average molecular weight is 304 g/mol. The fourth-order valence-electron chi connectivity index (χ4n) is 2.70. The van der Waals surface area contributed by atoms with Crippen LogP contribution in [0.4, 0.5) is 0 Å². The minimum atomic E-state index is -0.443. The van der Waals surface area contributed by atoms with Crippen molar-refractivity contribution in [3.05, 3.63) is 52.5 Å². The van der Waals surface area contributed by atoms with E-state index in [9.17, 15) is 5.11 Å². The average Bonchev–Trinajstić information content (AvgIpc) is 3.03. The van der Waals surface area contributed by atoms with E-state index in [1.165, 1.54) is 4.88 Å². The SMILES string of the molecule is OC(CC1COCCN1Cc1cncs1)c1ccccc1. The van der Waals surface area contributed by atoms with Crippen LogP contribution in [0.15, 0.2) is 42.0 Å². The van der Waals surface area contributed by atoms with E-state index in [-0.39, 0.29) is 6.04 Å². The van der Waals surface area contributed by atoms with Crippen molar-refractivity contribution in [3.63, 3.8) is 0 Å². The standard InChI is InChI=1S/C16H20N2O2S/c19-16(13-4-2-1-3-5-13)8-14-11-20-7-6-18(14)10-15-9-17-12-21-15/h1-5,9,12,14,16,19H,6-8,10-11H2. The van der Waals surface area contributed by atoms with Gasteiger partial charge in [0.15, 0.2) is 0 Å². The number of hydrogen-bond acceptors (Lipinski definition) is 5. The Morgan fingerprint density at radius 2 is 2.24 bits per heavy atom. The number of nitrogens with zero attached hydrogens (tertiary/aromatic N) is 2. The van der Waals surface area contributed by atoms with Gasteiger partial charge in [-0.25, -0.2) is 0 Å². The maximum Gasteiger partial charge on any atom is 0.0805 e. The van der Waals surface area contributed by atoms with E-state index in [4.69, 9.17) is 4.74 Å². The van der Waals surface area contributed by atoms with Gasteiger partial charge in [0, 0.05) is 30.2 Å². The van der Waals surface area contributed by atoms with Crippen LogP contribution in [0.25, 0.3) is 0 Å². The van der Waals surface area contributed by atoms with Gasteiger partial charge in [0.05, 0.1) is 24.8 Å². The quantitative estimate of drug-likeness (QED) is 0.922. The highest BCUT2D eigenvalue weighted by Crippen LogP contribution is 2.24. The van der Waals surface area contributed by atoms with Crippen LogP contribution in [-0.2, 0) is 11.3 Å². The predicted molar refractivity (Wildman–Crippen MR) is 83.1 cm³/mol. The molecule has 1 aromatic carbocycles. The third kappa shape index (κ3) is 3.89. The summed E-state index contributed by atoms with van der Waals surface area (Å²) in [6.45, 7) is 3.24. The van der Waals surface area contributed by atoms with Crippen LogP contribution in [0.1, 0.15) is 23.0 Å². The summed E-state index contributed by atoms with van der Waals surface area (Å²) in [6, 6.07) is 10.1. The molecule has 0 radical (unpaired) electrons. The molecule has 0 amide bonds. The Morgan fingerprint density at radius 1 is 1.38 bits per heavy atom. The van der Waals surface area contributed by atoms with Crippen molar-refractivity contribution in [2.45, 2.75) is 25.1 Å². The molecule has 5 heteroatoms. The van der Waals surface area contributed by atoms with E-state index >= 15 is 0 Å². The Morgan fingerprint density at radius 3 is 3.00 bits per heavy atom. The second-order valence-electron chi connectivity index (χ2n) is 5.33. The van der Waals surface area contributed by atoms with E-state index in [2.05, 4.69) is 9.88 Å². The van der Waals surface area contributed by atoms with Gasteiger partial charge in [-0.2, -0.15) is 0 Å². The van der Waals surface area contributed by atoms with E-state index < -0.39 is 6.10 Å². The van der Waals surface area contributed by atoms with Crippen molar-refractivity contribution >= 4 is 11.3 Å². The molecule has 2 unspecified atom stereocenters. The van der Waals surface area contributed by atoms with Crippen molar-refractivity contribution in [1.29, 1.82) is 0 Å². The summed E-state index contributed by atoms with van der Waals surface area (Å²) in [7, 11) is 0. The van der Waals surface area contributed by atoms with Gasteiger partial charge < -0.3 is 9.84 Å². The van der Waals surface area contributed by atoms with Crippen LogP contribution in [0.5, 0.6) is 0 Å². The summed E-state index contributed by atoms with van der Waals surface area (Å²) >= 11 is 1.68. The third-order valence-electron chi connectivity index (χ3n) is 3.87. The summed E-state index contributed by atoms with van der Waals surface area (Å²) in [4.78, 5) is 7.78. The van der Waals surface area contributed by atoms with Crippen molar-refractivity contribution in [2.24, 2.45) is 0 Å². The molecule has 0 aliphatic carbocycles. The highest BCUT2D eigenvalue weighted by molar-refractivity contribution is 7.09. The van der Waals surface area contributed by atoms with E-state index in [0.717, 1.165) is 25.3 Å². The van der Waals surface area contributed by atoms with E-state index in [1.54, 1.807) is 11.3 Å². The first kappa shape index (κ1) is 14.7. The van der Waals surface area contributed by atoms with Gasteiger partial charge >= 0.3 is 0 Å². The summed E-state index contributed by atoms with van der Waals surface area (Å²) < 4.78 is 5.60. The van der Waals surface area contributed by atoms with Gasteiger partial charge in [0.2, 0.25) is 0 Å². The lowest BCUT2D eigenvalue weighted by atomic mass is 10.0. The van der Waals surface area contributed by atoms with Crippen LogP contribution >= 0.6 is 11.3 Å². The fourth-order valence-corrected chi connectivity index (χ4v) is 3.32. The molecule has 1 saturated heterocycles. The first-order valence-electron chi connectivity index (χ1n) is 7.25. The molecule has 1 fully saturated rings. The Hall–Kier alpha value is -1.27. The first-order valence-corrected chi connectivity index (χ1v) is 8.13. The molecular formula is C16H20N2O2S. The number of ether oxygens (including phenoxy) is 1. The molecule has 1 aromatic heterocycles. The zero-order valence-corrected chi connectivity index (χ0v) is 12.7. The van der Waals surface area contributed by atoms with Crippen molar-refractivity contribution in [1.82, 2.24) is 9.88 Å². The minimum Gasteiger partial charge on any atom is -0.388 e. The number of benzene rings is 1. The Bertz CT molecular complexity index is 532. The monoisotopic (exact) mass is 304 g/mol. The maximum absolute atomic E-state index is 10.4. The molecule has 0 bridgehead atoms. The zero-order valence-electron chi connectivity index (χ0n) is 11.9. The summed E-state index contributed by atoms with van der Waals surface area (Å²) in [6.07, 6.45) is 2.18. The number of aromatic nitrogens is 1. The highest BCUT2D eigenvalue weighted by atomic mass is 32.1. The first-order chi connectivity index (χ1) is 10.3. The summed E-state index contributed by atoms with van der Waals surface area (Å²) in [5.74, 6) is 0. The number of hydrogen-bond donors (Lipinski definition) is 1. The topological polar surface area (TPSA) is 45.6 Å². The highest BCUT2D eigenvalue weighted by Gasteiger charge is 2.26.